The lowest BCUT2D eigenvalue weighted by Crippen LogP contribution is -2.31. The van der Waals surface area contributed by atoms with Crippen LogP contribution in [0.2, 0.25) is 0 Å². The third-order valence-electron chi connectivity index (χ3n) is 3.11. The first kappa shape index (κ1) is 11.4. The van der Waals surface area contributed by atoms with Crippen molar-refractivity contribution in [3.63, 3.8) is 0 Å². The first-order valence-corrected chi connectivity index (χ1v) is 6.11. The molecule has 2 rings (SSSR count). The average molecular weight is 220 g/mol. The van der Waals surface area contributed by atoms with Crippen molar-refractivity contribution in [2.24, 2.45) is 5.92 Å². The fraction of sp³-hybridized carbons (Fsp3) is 0.615. The van der Waals surface area contributed by atoms with Gasteiger partial charge >= 0.3 is 0 Å². The van der Waals surface area contributed by atoms with Crippen LogP contribution >= 0.6 is 0 Å². The van der Waals surface area contributed by atoms with Gasteiger partial charge in [0.05, 0.1) is 6.61 Å². The summed E-state index contributed by atoms with van der Waals surface area (Å²) in [4.78, 5) is 4.19. The zero-order valence-corrected chi connectivity index (χ0v) is 10.1. The van der Waals surface area contributed by atoms with Gasteiger partial charge < -0.3 is 10.1 Å². The molecule has 3 heteroatoms. The van der Waals surface area contributed by atoms with Crippen molar-refractivity contribution in [3.05, 3.63) is 23.9 Å². The highest BCUT2D eigenvalue weighted by atomic mass is 16.5. The second kappa shape index (κ2) is 5.30. The van der Waals surface area contributed by atoms with E-state index in [9.17, 15) is 0 Å². The summed E-state index contributed by atoms with van der Waals surface area (Å²) < 4.78 is 5.42. The van der Waals surface area contributed by atoms with Gasteiger partial charge in [-0.3, -0.25) is 0 Å². The molecule has 0 radical (unpaired) electrons. The number of hydrogen-bond donors (Lipinski definition) is 1. The maximum Gasteiger partial charge on any atom is 0.213 e. The van der Waals surface area contributed by atoms with E-state index in [-0.39, 0.29) is 0 Å². The van der Waals surface area contributed by atoms with E-state index < -0.39 is 0 Å². The molecule has 1 saturated heterocycles. The molecular formula is C13H20N2O. The Hall–Kier alpha value is -1.09. The monoisotopic (exact) mass is 220 g/mol. The minimum Gasteiger partial charge on any atom is -0.478 e. The van der Waals surface area contributed by atoms with Gasteiger partial charge in [-0.1, -0.05) is 6.92 Å². The smallest absolute Gasteiger partial charge is 0.213 e. The van der Waals surface area contributed by atoms with Gasteiger partial charge in [0, 0.05) is 18.3 Å². The predicted octanol–water partition coefficient (Wildman–Crippen LogP) is 2.54. The minimum absolute atomic E-state index is 0.471. The molecule has 2 heterocycles. The van der Waals surface area contributed by atoms with E-state index in [1.807, 2.05) is 13.1 Å². The maximum absolute atomic E-state index is 5.42. The molecule has 2 unspecified atom stereocenters. The third kappa shape index (κ3) is 2.73. The van der Waals surface area contributed by atoms with Gasteiger partial charge in [-0.05, 0) is 43.9 Å². The summed E-state index contributed by atoms with van der Waals surface area (Å²) in [5.41, 5.74) is 1.30. The quantitative estimate of drug-likeness (QED) is 0.850. The number of piperidine rings is 1. The van der Waals surface area contributed by atoms with Crippen LogP contribution in [-0.4, -0.2) is 18.1 Å². The fourth-order valence-electron chi connectivity index (χ4n) is 2.15. The van der Waals surface area contributed by atoms with Crippen LogP contribution < -0.4 is 10.1 Å². The number of pyridine rings is 1. The van der Waals surface area contributed by atoms with Crippen molar-refractivity contribution in [2.75, 3.05) is 13.2 Å². The first-order chi connectivity index (χ1) is 7.79. The molecule has 0 amide bonds. The second-order valence-electron chi connectivity index (χ2n) is 4.50. The number of ether oxygens (including phenoxy) is 1. The highest BCUT2D eigenvalue weighted by Crippen LogP contribution is 2.26. The average Bonchev–Trinajstić information content (AvgIpc) is 2.31. The van der Waals surface area contributed by atoms with E-state index in [1.54, 1.807) is 0 Å². The summed E-state index contributed by atoms with van der Waals surface area (Å²) in [6, 6.07) is 4.60. The van der Waals surface area contributed by atoms with Crippen LogP contribution in [0.3, 0.4) is 0 Å². The van der Waals surface area contributed by atoms with Crippen LogP contribution in [0.4, 0.5) is 0 Å². The molecule has 0 aliphatic carbocycles. The van der Waals surface area contributed by atoms with Crippen LogP contribution in [0.5, 0.6) is 5.88 Å². The van der Waals surface area contributed by atoms with E-state index in [0.29, 0.717) is 12.6 Å². The molecule has 16 heavy (non-hydrogen) atoms. The Kier molecular flexibility index (Phi) is 3.78. The zero-order chi connectivity index (χ0) is 11.4. The first-order valence-electron chi connectivity index (χ1n) is 6.11. The van der Waals surface area contributed by atoms with Gasteiger partial charge in [-0.25, -0.2) is 4.98 Å². The van der Waals surface area contributed by atoms with E-state index >= 15 is 0 Å². The van der Waals surface area contributed by atoms with Crippen LogP contribution in [0.15, 0.2) is 18.3 Å². The van der Waals surface area contributed by atoms with Crippen molar-refractivity contribution in [1.82, 2.24) is 10.3 Å². The van der Waals surface area contributed by atoms with Crippen LogP contribution in [-0.2, 0) is 0 Å². The zero-order valence-electron chi connectivity index (χ0n) is 10.1. The normalized spacial score (nSPS) is 25.4. The fourth-order valence-corrected chi connectivity index (χ4v) is 2.15. The lowest BCUT2D eigenvalue weighted by atomic mass is 9.92. The topological polar surface area (TPSA) is 34.1 Å². The molecule has 2 atom stereocenters. The summed E-state index contributed by atoms with van der Waals surface area (Å²) in [5.74, 6) is 1.53. The van der Waals surface area contributed by atoms with Gasteiger partial charge in [0.25, 0.3) is 0 Å². The molecule has 88 valence electrons. The van der Waals surface area contributed by atoms with Gasteiger partial charge in [-0.15, -0.1) is 0 Å². The van der Waals surface area contributed by atoms with Crippen LogP contribution in [0.1, 0.15) is 38.3 Å². The molecular weight excluding hydrogens is 200 g/mol. The summed E-state index contributed by atoms with van der Waals surface area (Å²) in [6.45, 7) is 6.05. The maximum atomic E-state index is 5.42. The Bertz CT molecular complexity index is 332. The molecule has 1 N–H and O–H groups in total. The third-order valence-corrected chi connectivity index (χ3v) is 3.11. The number of rotatable bonds is 3. The molecule has 0 spiro atoms. The number of nitrogens with zero attached hydrogens (tertiary/aromatic N) is 1. The molecule has 1 aliphatic heterocycles. The van der Waals surface area contributed by atoms with E-state index in [1.165, 1.54) is 18.4 Å². The molecule has 3 nitrogen and oxygen atoms in total. The molecule has 0 bridgehead atoms. The molecule has 1 aromatic heterocycles. The minimum atomic E-state index is 0.471. The second-order valence-corrected chi connectivity index (χ2v) is 4.50. The Balaban J connectivity index is 2.05. The Morgan fingerprint density at radius 2 is 2.38 bits per heavy atom. The largest absolute Gasteiger partial charge is 0.478 e. The molecule has 1 aromatic rings. The van der Waals surface area contributed by atoms with Gasteiger partial charge in [0.2, 0.25) is 5.88 Å². The number of nitrogens with one attached hydrogen (secondary N) is 1. The standard InChI is InChI=1S/C13H20N2O/c1-3-16-13-8-11(6-7-14-13)12-5-4-10(2)9-15-12/h6-8,10,12,15H,3-5,9H2,1-2H3. The Labute approximate surface area is 97.2 Å². The number of aromatic nitrogens is 1. The van der Waals surface area contributed by atoms with Gasteiger partial charge in [-0.2, -0.15) is 0 Å². The predicted molar refractivity (Wildman–Crippen MR) is 64.5 cm³/mol. The highest BCUT2D eigenvalue weighted by Gasteiger charge is 2.19. The summed E-state index contributed by atoms with van der Waals surface area (Å²) >= 11 is 0. The number of hydrogen-bond acceptors (Lipinski definition) is 3. The van der Waals surface area contributed by atoms with Crippen LogP contribution in [0, 0.1) is 5.92 Å². The summed E-state index contributed by atoms with van der Waals surface area (Å²) in [6.07, 6.45) is 4.33. The van der Waals surface area contributed by atoms with Gasteiger partial charge in [0.15, 0.2) is 0 Å². The lowest BCUT2D eigenvalue weighted by molar-refractivity contribution is 0.318. The molecule has 1 fully saturated rings. The molecule has 0 saturated carbocycles. The van der Waals surface area contributed by atoms with Crippen molar-refractivity contribution in [2.45, 2.75) is 32.7 Å². The lowest BCUT2D eigenvalue weighted by Gasteiger charge is -2.28. The Morgan fingerprint density at radius 1 is 1.50 bits per heavy atom. The van der Waals surface area contributed by atoms with Crippen LogP contribution in [0.25, 0.3) is 0 Å². The van der Waals surface area contributed by atoms with Crippen molar-refractivity contribution in [3.8, 4) is 5.88 Å². The summed E-state index contributed by atoms with van der Waals surface area (Å²) in [7, 11) is 0. The van der Waals surface area contributed by atoms with Gasteiger partial charge in [0.1, 0.15) is 0 Å². The van der Waals surface area contributed by atoms with E-state index in [0.717, 1.165) is 18.3 Å². The molecule has 1 aliphatic rings. The Morgan fingerprint density at radius 3 is 3.06 bits per heavy atom. The van der Waals surface area contributed by atoms with Crippen molar-refractivity contribution >= 4 is 0 Å². The SMILES string of the molecule is CCOc1cc(C2CCC(C)CN2)ccn1. The van der Waals surface area contributed by atoms with Crippen molar-refractivity contribution in [1.29, 1.82) is 0 Å². The summed E-state index contributed by atoms with van der Waals surface area (Å²) in [5, 5.41) is 3.57. The highest BCUT2D eigenvalue weighted by molar-refractivity contribution is 5.24. The van der Waals surface area contributed by atoms with Crippen molar-refractivity contribution < 1.29 is 4.74 Å². The van der Waals surface area contributed by atoms with E-state index in [2.05, 4.69) is 29.4 Å². The van der Waals surface area contributed by atoms with E-state index in [4.69, 9.17) is 4.74 Å². The molecule has 0 aromatic carbocycles.